The first kappa shape index (κ1) is 34.2. The zero-order valence-corrected chi connectivity index (χ0v) is 27.5. The number of rotatable bonds is 11. The minimum absolute atomic E-state index is 0.146. The van der Waals surface area contributed by atoms with Crippen LogP contribution in [-0.2, 0) is 6.54 Å². The number of azo groups is 2. The Morgan fingerprint density at radius 3 is 2.27 bits per heavy atom. The highest BCUT2D eigenvalue weighted by molar-refractivity contribution is 5.88. The van der Waals surface area contributed by atoms with E-state index < -0.39 is 5.56 Å². The van der Waals surface area contributed by atoms with Crippen molar-refractivity contribution in [2.75, 3.05) is 20.6 Å². The molecule has 0 unspecified atom stereocenters. The van der Waals surface area contributed by atoms with Gasteiger partial charge in [0.05, 0.1) is 22.5 Å². The van der Waals surface area contributed by atoms with Crippen molar-refractivity contribution in [1.29, 1.82) is 0 Å². The van der Waals surface area contributed by atoms with Gasteiger partial charge in [0.1, 0.15) is 11.4 Å². The molecule has 0 spiro atoms. The van der Waals surface area contributed by atoms with E-state index in [1.54, 1.807) is 79.3 Å². The number of benzene rings is 2. The van der Waals surface area contributed by atoms with Gasteiger partial charge in [-0.15, -0.1) is 10.2 Å². The molecule has 0 atom stereocenters. The van der Waals surface area contributed by atoms with E-state index in [0.29, 0.717) is 52.4 Å². The van der Waals surface area contributed by atoms with Gasteiger partial charge < -0.3 is 15.1 Å². The molecule has 1 amide bonds. The van der Waals surface area contributed by atoms with Gasteiger partial charge in [-0.2, -0.15) is 14.8 Å². The van der Waals surface area contributed by atoms with E-state index in [4.69, 9.17) is 0 Å². The van der Waals surface area contributed by atoms with Crippen LogP contribution >= 0.6 is 0 Å². The number of carbonyl (C=O) groups excluding carboxylic acids is 1. The van der Waals surface area contributed by atoms with Crippen molar-refractivity contribution in [1.82, 2.24) is 14.5 Å². The molecule has 0 saturated heterocycles. The van der Waals surface area contributed by atoms with Crippen molar-refractivity contribution in [2.24, 2.45) is 20.5 Å². The smallest absolute Gasteiger partial charge is 0.347 e. The quantitative estimate of drug-likeness (QED) is 0.0904. The Balaban J connectivity index is 1.35. The number of H-pyrrole nitrogens is 1. The molecule has 0 aliphatic rings. The third-order valence-electron chi connectivity index (χ3n) is 7.62. The van der Waals surface area contributed by atoms with E-state index in [-0.39, 0.29) is 34.6 Å². The Hall–Kier alpha value is -6.12. The zero-order valence-electron chi connectivity index (χ0n) is 27.5. The lowest BCUT2D eigenvalue weighted by atomic mass is 10.2. The second-order valence-electron chi connectivity index (χ2n) is 11.6. The summed E-state index contributed by atoms with van der Waals surface area (Å²) in [7, 11) is 3.89. The van der Waals surface area contributed by atoms with Gasteiger partial charge in [-0.05, 0) is 82.9 Å². The molecule has 0 fully saturated rings. The number of quaternary nitrogens is 1. The van der Waals surface area contributed by atoms with Crippen molar-refractivity contribution >= 4 is 34.3 Å². The molecule has 14 heteroatoms. The minimum atomic E-state index is -0.442. The van der Waals surface area contributed by atoms with Crippen molar-refractivity contribution in [2.45, 2.75) is 26.8 Å². The number of nitrogens with two attached hydrogens (primary N) is 1. The summed E-state index contributed by atoms with van der Waals surface area (Å²) < 4.78 is 3.03. The number of aromatic hydroxyl groups is 2. The minimum Gasteiger partial charge on any atom is -0.493 e. The van der Waals surface area contributed by atoms with Gasteiger partial charge >= 0.3 is 11.5 Å². The summed E-state index contributed by atoms with van der Waals surface area (Å²) in [6.07, 6.45) is 4.17. The molecule has 0 aliphatic carbocycles. The van der Waals surface area contributed by atoms with Gasteiger partial charge in [-0.1, -0.05) is 12.1 Å². The molecule has 2 aromatic carbocycles. The third-order valence-corrected chi connectivity index (χ3v) is 7.62. The average Bonchev–Trinajstić information content (AvgIpc) is 3.06. The summed E-state index contributed by atoms with van der Waals surface area (Å²) in [5.41, 5.74) is 2.73. The van der Waals surface area contributed by atoms with E-state index in [9.17, 15) is 24.6 Å². The van der Waals surface area contributed by atoms with Gasteiger partial charge in [0, 0.05) is 30.8 Å². The summed E-state index contributed by atoms with van der Waals surface area (Å²) in [6.45, 7) is 4.38. The van der Waals surface area contributed by atoms with Gasteiger partial charge in [0.15, 0.2) is 18.1 Å². The number of primary amides is 1. The second kappa shape index (κ2) is 15.2. The Labute approximate surface area is 281 Å². The zero-order chi connectivity index (χ0) is 35.1. The molecular formula is C35H37N9O5+2. The van der Waals surface area contributed by atoms with Crippen LogP contribution in [-0.4, -0.2) is 51.2 Å². The molecule has 5 aromatic rings. The van der Waals surface area contributed by atoms with Crippen LogP contribution in [0.1, 0.15) is 27.9 Å². The Morgan fingerprint density at radius 2 is 1.57 bits per heavy atom. The number of amides is 1. The number of hydrogen-bond acceptors (Lipinski definition) is 10. The van der Waals surface area contributed by atoms with Gasteiger partial charge in [-0.3, -0.25) is 19.1 Å². The number of carbonyl (C=O) groups is 1. The van der Waals surface area contributed by atoms with Crippen LogP contribution in [0.4, 0.5) is 28.4 Å². The first-order chi connectivity index (χ1) is 23.5. The summed E-state index contributed by atoms with van der Waals surface area (Å²) in [4.78, 5) is 42.4. The van der Waals surface area contributed by atoms with Crippen molar-refractivity contribution < 1.29 is 24.9 Å². The van der Waals surface area contributed by atoms with Crippen molar-refractivity contribution in [3.05, 3.63) is 123 Å². The van der Waals surface area contributed by atoms with Crippen molar-refractivity contribution in [3.63, 3.8) is 0 Å². The summed E-state index contributed by atoms with van der Waals surface area (Å²) in [6, 6.07) is 20.2. The van der Waals surface area contributed by atoms with Gasteiger partial charge in [-0.25, -0.2) is 10.1 Å². The largest absolute Gasteiger partial charge is 0.493 e. The molecule has 49 heavy (non-hydrogen) atoms. The van der Waals surface area contributed by atoms with Gasteiger partial charge in [0.2, 0.25) is 11.8 Å². The number of nitrogens with one attached hydrogen (secondary N) is 1. The maximum atomic E-state index is 13.6. The Morgan fingerprint density at radius 1 is 0.878 bits per heavy atom. The molecule has 5 rings (SSSR count). The fraction of sp³-hybridized carbons (Fsp3) is 0.200. The summed E-state index contributed by atoms with van der Waals surface area (Å²) >= 11 is 0. The lowest BCUT2D eigenvalue weighted by molar-refractivity contribution is -0.597. The van der Waals surface area contributed by atoms with Crippen LogP contribution < -0.4 is 21.0 Å². The molecule has 0 bridgehead atoms. The highest BCUT2D eigenvalue weighted by atomic mass is 16.3. The highest BCUT2D eigenvalue weighted by Gasteiger charge is 2.25. The average molecular weight is 664 g/mol. The molecule has 0 aliphatic heterocycles. The van der Waals surface area contributed by atoms with Crippen LogP contribution in [0, 0.1) is 13.8 Å². The van der Waals surface area contributed by atoms with E-state index in [1.807, 2.05) is 37.2 Å². The lowest BCUT2D eigenvalue weighted by Gasteiger charge is -2.14. The molecular weight excluding hydrogens is 626 g/mol. The Kier molecular flexibility index (Phi) is 10.6. The number of nitrogens with zero attached hydrogens (tertiary/aromatic N) is 7. The predicted molar refractivity (Wildman–Crippen MR) is 182 cm³/mol. The number of hydrogen-bond donors (Lipinski definition) is 4. The summed E-state index contributed by atoms with van der Waals surface area (Å²) in [5.74, 6) is -0.897. The fourth-order valence-electron chi connectivity index (χ4n) is 5.13. The predicted octanol–water partition coefficient (Wildman–Crippen LogP) is 4.66. The molecule has 3 heterocycles. The fourth-order valence-corrected chi connectivity index (χ4v) is 5.13. The Bertz CT molecular complexity index is 2130. The number of aromatic nitrogens is 3. The lowest BCUT2D eigenvalue weighted by Crippen LogP contribution is -2.82. The molecule has 0 radical (unpaired) electrons. The normalized spacial score (nSPS) is 11.6. The maximum Gasteiger partial charge on any atom is 0.347 e. The molecule has 0 saturated carbocycles. The monoisotopic (exact) mass is 663 g/mol. The second-order valence-corrected chi connectivity index (χ2v) is 11.6. The molecule has 14 nitrogen and oxygen atoms in total. The van der Waals surface area contributed by atoms with Crippen molar-refractivity contribution in [3.8, 4) is 17.4 Å². The SMILES string of the molecule is Cc1cc(=O)[nH]c(O)c1N=Nc1ccc(C(=O)[NH2+]c2cccc(N=Nc3c(C)c(-[n+]4ccccc4)c(=O)n(CCCN(C)C)c3O)c2)cc1. The summed E-state index contributed by atoms with van der Waals surface area (Å²) in [5, 5.41) is 39.5. The molecule has 3 aromatic heterocycles. The van der Waals surface area contributed by atoms with Crippen LogP contribution in [0.25, 0.3) is 5.69 Å². The topological polar surface area (TPSA) is 186 Å². The van der Waals surface area contributed by atoms with E-state index in [0.717, 1.165) is 6.54 Å². The first-order valence-electron chi connectivity index (χ1n) is 15.4. The van der Waals surface area contributed by atoms with Crippen LogP contribution in [0.2, 0.25) is 0 Å². The number of aryl methyl sites for hydroxylation is 1. The van der Waals surface area contributed by atoms with E-state index >= 15 is 0 Å². The highest BCUT2D eigenvalue weighted by Crippen LogP contribution is 2.33. The van der Waals surface area contributed by atoms with E-state index in [1.165, 1.54) is 16.0 Å². The third kappa shape index (κ3) is 8.25. The van der Waals surface area contributed by atoms with Gasteiger partial charge in [0.25, 0.3) is 11.2 Å². The van der Waals surface area contributed by atoms with Crippen LogP contribution in [0.5, 0.6) is 11.8 Å². The molecule has 5 N–H and O–H groups in total. The van der Waals surface area contributed by atoms with E-state index in [2.05, 4.69) is 25.4 Å². The maximum absolute atomic E-state index is 13.6. The van der Waals surface area contributed by atoms with Crippen LogP contribution in [0.15, 0.2) is 115 Å². The number of pyridine rings is 3. The molecule has 250 valence electrons. The standard InChI is InChI=1S/C35H35N9O5/c1-22-20-28(45)37-33(47)29(22)40-38-25-14-12-24(13-15-25)32(46)36-26-10-8-11-27(21-26)39-41-30-23(2)31(43-17-6-5-7-18-43)35(49)44(34(30)48)19-9-16-42(3)4/h5-8,10-15,17-18,20-21H,9,16,19H2,1-4H3,(H3-,36,37,38,39,45,46,47,48,49)/p+2. The van der Waals surface area contributed by atoms with Crippen LogP contribution in [0.3, 0.4) is 0 Å². The first-order valence-corrected chi connectivity index (χ1v) is 15.4. The number of aromatic amines is 1.